The molecule has 4 nitrogen and oxygen atoms in total. The molecule has 0 unspecified atom stereocenters. The van der Waals surface area contributed by atoms with Crippen LogP contribution >= 0.6 is 0 Å². The van der Waals surface area contributed by atoms with Crippen molar-refractivity contribution in [2.45, 2.75) is 53.6 Å². The van der Waals surface area contributed by atoms with Crippen LogP contribution < -0.4 is 0 Å². The van der Waals surface area contributed by atoms with Crippen LogP contribution in [0.5, 0.6) is 0 Å². The highest BCUT2D eigenvalue weighted by molar-refractivity contribution is 5.94. The molecule has 1 amide bonds. The molecule has 0 saturated heterocycles. The second-order valence-corrected chi connectivity index (χ2v) is 8.84. The Hall–Kier alpha value is -2.88. The third-order valence-corrected chi connectivity index (χ3v) is 6.06. The van der Waals surface area contributed by atoms with Gasteiger partial charge in [-0.05, 0) is 75.3 Å². The lowest BCUT2D eigenvalue weighted by Crippen LogP contribution is -2.33. The van der Waals surface area contributed by atoms with E-state index in [1.807, 2.05) is 48.5 Å². The average molecular weight is 402 g/mol. The van der Waals surface area contributed by atoms with Crippen LogP contribution in [0.15, 0.2) is 48.8 Å². The Kier molecular flexibility index (Phi) is 5.76. The van der Waals surface area contributed by atoms with Crippen LogP contribution in [0.25, 0.3) is 0 Å². The van der Waals surface area contributed by atoms with Gasteiger partial charge in [0.15, 0.2) is 0 Å². The van der Waals surface area contributed by atoms with Crippen molar-refractivity contribution in [2.75, 3.05) is 6.54 Å². The first-order chi connectivity index (χ1) is 14.4. The van der Waals surface area contributed by atoms with Gasteiger partial charge in [-0.15, -0.1) is 0 Å². The van der Waals surface area contributed by atoms with Gasteiger partial charge in [-0.3, -0.25) is 4.79 Å². The second kappa shape index (κ2) is 8.47. The number of imidazole rings is 1. The molecule has 1 saturated carbocycles. The molecule has 4 heteroatoms. The van der Waals surface area contributed by atoms with Gasteiger partial charge in [-0.2, -0.15) is 0 Å². The minimum atomic E-state index is 0.0964. The standard InChI is InChI=1S/C26H31N3O/c1-18-5-9-23(10-6-18)26(30)29(15-22-7-8-22)17-25-27-11-12-28(25)16-24-20(3)13-19(2)14-21(24)4/h5-6,9-14,22H,7-8,15-17H2,1-4H3. The van der Waals surface area contributed by atoms with E-state index >= 15 is 0 Å². The van der Waals surface area contributed by atoms with E-state index < -0.39 is 0 Å². The summed E-state index contributed by atoms with van der Waals surface area (Å²) in [5, 5.41) is 0. The molecule has 0 spiro atoms. The third kappa shape index (κ3) is 4.64. The Morgan fingerprint density at radius 1 is 1.03 bits per heavy atom. The quantitative estimate of drug-likeness (QED) is 0.544. The molecule has 0 aliphatic heterocycles. The first-order valence-electron chi connectivity index (χ1n) is 10.8. The van der Waals surface area contributed by atoms with Crippen molar-refractivity contribution in [3.8, 4) is 0 Å². The predicted octanol–water partition coefficient (Wildman–Crippen LogP) is 5.22. The number of hydrogen-bond acceptors (Lipinski definition) is 2. The Bertz CT molecular complexity index is 1020. The average Bonchev–Trinajstić information content (AvgIpc) is 3.41. The molecule has 1 aromatic heterocycles. The highest BCUT2D eigenvalue weighted by atomic mass is 16.2. The van der Waals surface area contributed by atoms with Gasteiger partial charge >= 0.3 is 0 Å². The van der Waals surface area contributed by atoms with E-state index in [-0.39, 0.29) is 5.91 Å². The summed E-state index contributed by atoms with van der Waals surface area (Å²) in [5.74, 6) is 1.67. The normalized spacial score (nSPS) is 13.5. The maximum absolute atomic E-state index is 13.2. The first kappa shape index (κ1) is 20.4. The topological polar surface area (TPSA) is 38.1 Å². The molecule has 1 fully saturated rings. The molecule has 3 aromatic rings. The Morgan fingerprint density at radius 2 is 1.70 bits per heavy atom. The van der Waals surface area contributed by atoms with Crippen molar-refractivity contribution in [3.63, 3.8) is 0 Å². The molecule has 30 heavy (non-hydrogen) atoms. The Labute approximate surface area is 179 Å². The number of benzene rings is 2. The molecule has 0 bridgehead atoms. The van der Waals surface area contributed by atoms with Gasteiger partial charge in [-0.25, -0.2) is 4.98 Å². The summed E-state index contributed by atoms with van der Waals surface area (Å²) in [6.45, 7) is 10.7. The van der Waals surface area contributed by atoms with E-state index in [0.717, 1.165) is 24.5 Å². The van der Waals surface area contributed by atoms with Crippen LogP contribution in [-0.4, -0.2) is 26.9 Å². The number of aryl methyl sites for hydroxylation is 4. The number of aromatic nitrogens is 2. The van der Waals surface area contributed by atoms with Gasteiger partial charge < -0.3 is 9.47 Å². The predicted molar refractivity (Wildman–Crippen MR) is 121 cm³/mol. The van der Waals surface area contributed by atoms with Crippen molar-refractivity contribution >= 4 is 5.91 Å². The maximum atomic E-state index is 13.2. The molecule has 1 aliphatic rings. The number of amides is 1. The van der Waals surface area contributed by atoms with E-state index in [2.05, 4.69) is 42.5 Å². The van der Waals surface area contributed by atoms with Gasteiger partial charge in [0.05, 0.1) is 6.54 Å². The van der Waals surface area contributed by atoms with Gasteiger partial charge in [0.1, 0.15) is 5.82 Å². The molecule has 0 N–H and O–H groups in total. The lowest BCUT2D eigenvalue weighted by atomic mass is 10.00. The molecule has 0 atom stereocenters. The summed E-state index contributed by atoms with van der Waals surface area (Å²) in [7, 11) is 0. The van der Waals surface area contributed by atoms with Crippen LogP contribution in [0, 0.1) is 33.6 Å². The molecule has 2 aromatic carbocycles. The van der Waals surface area contributed by atoms with Crippen LogP contribution in [0.2, 0.25) is 0 Å². The molecular weight excluding hydrogens is 370 g/mol. The number of hydrogen-bond donors (Lipinski definition) is 0. The lowest BCUT2D eigenvalue weighted by Gasteiger charge is -2.23. The number of carbonyl (C=O) groups is 1. The van der Waals surface area contributed by atoms with Crippen molar-refractivity contribution in [1.82, 2.24) is 14.5 Å². The van der Waals surface area contributed by atoms with Crippen molar-refractivity contribution in [1.29, 1.82) is 0 Å². The number of nitrogens with zero attached hydrogens (tertiary/aromatic N) is 3. The zero-order chi connectivity index (χ0) is 21.3. The van der Waals surface area contributed by atoms with Gasteiger partial charge in [0.2, 0.25) is 0 Å². The van der Waals surface area contributed by atoms with Gasteiger partial charge in [0, 0.05) is 31.0 Å². The molecule has 4 rings (SSSR count). The monoisotopic (exact) mass is 401 g/mol. The molecule has 1 heterocycles. The van der Waals surface area contributed by atoms with Crippen molar-refractivity contribution in [2.24, 2.45) is 5.92 Å². The van der Waals surface area contributed by atoms with E-state index in [1.165, 1.54) is 40.7 Å². The zero-order valence-corrected chi connectivity index (χ0v) is 18.5. The highest BCUT2D eigenvalue weighted by Gasteiger charge is 2.28. The third-order valence-electron chi connectivity index (χ3n) is 6.06. The molecular formula is C26H31N3O. The first-order valence-corrected chi connectivity index (χ1v) is 10.8. The number of rotatable bonds is 7. The molecule has 0 radical (unpaired) electrons. The van der Waals surface area contributed by atoms with E-state index in [0.29, 0.717) is 12.5 Å². The second-order valence-electron chi connectivity index (χ2n) is 8.84. The Balaban J connectivity index is 1.57. The van der Waals surface area contributed by atoms with E-state index in [1.54, 1.807) is 0 Å². The van der Waals surface area contributed by atoms with Crippen LogP contribution in [0.1, 0.15) is 56.8 Å². The number of carbonyl (C=O) groups excluding carboxylic acids is 1. The van der Waals surface area contributed by atoms with Gasteiger partial charge in [-0.1, -0.05) is 35.4 Å². The smallest absolute Gasteiger partial charge is 0.254 e. The van der Waals surface area contributed by atoms with Crippen LogP contribution in [0.3, 0.4) is 0 Å². The fraction of sp³-hybridized carbons (Fsp3) is 0.385. The Morgan fingerprint density at radius 3 is 2.33 bits per heavy atom. The minimum absolute atomic E-state index is 0.0964. The van der Waals surface area contributed by atoms with E-state index in [4.69, 9.17) is 0 Å². The fourth-order valence-corrected chi connectivity index (χ4v) is 4.15. The lowest BCUT2D eigenvalue weighted by molar-refractivity contribution is 0.0729. The largest absolute Gasteiger partial charge is 0.331 e. The SMILES string of the molecule is Cc1ccc(C(=O)N(Cc2nccn2Cc2c(C)cc(C)cc2C)CC2CC2)cc1. The summed E-state index contributed by atoms with van der Waals surface area (Å²) < 4.78 is 2.19. The zero-order valence-electron chi connectivity index (χ0n) is 18.5. The van der Waals surface area contributed by atoms with Crippen LogP contribution in [-0.2, 0) is 13.1 Å². The fourth-order valence-electron chi connectivity index (χ4n) is 4.15. The molecule has 1 aliphatic carbocycles. The highest BCUT2D eigenvalue weighted by Crippen LogP contribution is 2.31. The summed E-state index contributed by atoms with van der Waals surface area (Å²) in [6.07, 6.45) is 6.31. The van der Waals surface area contributed by atoms with Crippen molar-refractivity contribution < 1.29 is 4.79 Å². The van der Waals surface area contributed by atoms with Crippen LogP contribution in [0.4, 0.5) is 0 Å². The summed E-state index contributed by atoms with van der Waals surface area (Å²) in [4.78, 5) is 19.8. The summed E-state index contributed by atoms with van der Waals surface area (Å²) in [6, 6.07) is 12.4. The summed E-state index contributed by atoms with van der Waals surface area (Å²) >= 11 is 0. The maximum Gasteiger partial charge on any atom is 0.254 e. The molecule has 156 valence electrons. The van der Waals surface area contributed by atoms with E-state index in [9.17, 15) is 4.79 Å². The summed E-state index contributed by atoms with van der Waals surface area (Å²) in [5.41, 5.74) is 7.15. The van der Waals surface area contributed by atoms with Crippen molar-refractivity contribution in [3.05, 3.63) is 88.0 Å². The minimum Gasteiger partial charge on any atom is -0.331 e. The van der Waals surface area contributed by atoms with Gasteiger partial charge in [0.25, 0.3) is 5.91 Å².